The van der Waals surface area contributed by atoms with Gasteiger partial charge in [0, 0.05) is 0 Å². The Morgan fingerprint density at radius 1 is 1.11 bits per heavy atom. The highest BCUT2D eigenvalue weighted by Crippen LogP contribution is 2.27. The number of ether oxygens (including phenoxy) is 1. The third kappa shape index (κ3) is 5.25. The SMILES string of the molecule is CC[C@H](NC(=O)CN(c1c(C)cccc1C)S(C)(=O)=O)c1ccc(OC)cc1. The number of sulfonamides is 1. The van der Waals surface area contributed by atoms with Crippen LogP contribution in [0.2, 0.25) is 0 Å². The highest BCUT2D eigenvalue weighted by Gasteiger charge is 2.25. The van der Waals surface area contributed by atoms with Crippen LogP contribution in [0.5, 0.6) is 5.75 Å². The maximum atomic E-state index is 12.7. The molecule has 0 aromatic heterocycles. The summed E-state index contributed by atoms with van der Waals surface area (Å²) in [6, 6.07) is 12.8. The van der Waals surface area contributed by atoms with E-state index in [4.69, 9.17) is 4.74 Å². The summed E-state index contributed by atoms with van der Waals surface area (Å²) in [5.41, 5.74) is 3.10. The molecule has 7 heteroatoms. The van der Waals surface area contributed by atoms with Crippen LogP contribution >= 0.6 is 0 Å². The van der Waals surface area contributed by atoms with E-state index in [1.807, 2.05) is 63.2 Å². The van der Waals surface area contributed by atoms with E-state index in [1.54, 1.807) is 7.11 Å². The number of anilines is 1. The normalized spacial score (nSPS) is 12.3. The topological polar surface area (TPSA) is 75.7 Å². The zero-order chi connectivity index (χ0) is 20.9. The lowest BCUT2D eigenvalue weighted by Gasteiger charge is -2.26. The second-order valence-corrected chi connectivity index (χ2v) is 8.72. The number of carbonyl (C=O) groups excluding carboxylic acids is 1. The summed E-state index contributed by atoms with van der Waals surface area (Å²) in [4.78, 5) is 12.7. The van der Waals surface area contributed by atoms with E-state index >= 15 is 0 Å². The number of benzene rings is 2. The molecule has 28 heavy (non-hydrogen) atoms. The van der Waals surface area contributed by atoms with E-state index in [-0.39, 0.29) is 18.5 Å². The van der Waals surface area contributed by atoms with Crippen molar-refractivity contribution in [3.05, 3.63) is 59.2 Å². The van der Waals surface area contributed by atoms with Gasteiger partial charge in [-0.25, -0.2) is 8.42 Å². The zero-order valence-electron chi connectivity index (χ0n) is 17.0. The maximum absolute atomic E-state index is 12.7. The number of nitrogens with zero attached hydrogens (tertiary/aromatic N) is 1. The number of hydrogen-bond acceptors (Lipinski definition) is 4. The molecule has 0 saturated heterocycles. The average Bonchev–Trinajstić information content (AvgIpc) is 2.64. The van der Waals surface area contributed by atoms with Crippen molar-refractivity contribution < 1.29 is 17.9 Å². The van der Waals surface area contributed by atoms with Crippen molar-refractivity contribution in [1.82, 2.24) is 5.32 Å². The van der Waals surface area contributed by atoms with E-state index in [1.165, 1.54) is 4.31 Å². The number of hydrogen-bond donors (Lipinski definition) is 1. The van der Waals surface area contributed by atoms with E-state index in [2.05, 4.69) is 5.32 Å². The van der Waals surface area contributed by atoms with Gasteiger partial charge in [0.25, 0.3) is 0 Å². The highest BCUT2D eigenvalue weighted by atomic mass is 32.2. The molecule has 1 N–H and O–H groups in total. The first-order valence-electron chi connectivity index (χ1n) is 9.14. The first-order valence-corrected chi connectivity index (χ1v) is 11.0. The van der Waals surface area contributed by atoms with Crippen LogP contribution in [-0.4, -0.2) is 34.2 Å². The third-order valence-electron chi connectivity index (χ3n) is 4.64. The monoisotopic (exact) mass is 404 g/mol. The molecule has 0 unspecified atom stereocenters. The third-order valence-corrected chi connectivity index (χ3v) is 5.75. The Labute approximate surface area is 167 Å². The Hall–Kier alpha value is -2.54. The number of para-hydroxylation sites is 1. The minimum Gasteiger partial charge on any atom is -0.497 e. The van der Waals surface area contributed by atoms with E-state index in [0.717, 1.165) is 28.7 Å². The van der Waals surface area contributed by atoms with Gasteiger partial charge in [-0.05, 0) is 49.1 Å². The fourth-order valence-electron chi connectivity index (χ4n) is 3.19. The zero-order valence-corrected chi connectivity index (χ0v) is 17.8. The van der Waals surface area contributed by atoms with Gasteiger partial charge < -0.3 is 10.1 Å². The smallest absolute Gasteiger partial charge is 0.241 e. The summed E-state index contributed by atoms with van der Waals surface area (Å²) in [6.07, 6.45) is 1.80. The Morgan fingerprint density at radius 2 is 1.68 bits per heavy atom. The summed E-state index contributed by atoms with van der Waals surface area (Å²) < 4.78 is 31.1. The van der Waals surface area contributed by atoms with Crippen molar-refractivity contribution in [3.8, 4) is 5.75 Å². The number of amides is 1. The summed E-state index contributed by atoms with van der Waals surface area (Å²) in [5.74, 6) is 0.388. The summed E-state index contributed by atoms with van der Waals surface area (Å²) in [5, 5.41) is 2.95. The van der Waals surface area contributed by atoms with Gasteiger partial charge in [0.2, 0.25) is 15.9 Å². The predicted molar refractivity (Wildman–Crippen MR) is 112 cm³/mol. The van der Waals surface area contributed by atoms with Gasteiger partial charge >= 0.3 is 0 Å². The molecule has 2 rings (SSSR count). The first-order chi connectivity index (χ1) is 13.2. The molecule has 0 heterocycles. The lowest BCUT2D eigenvalue weighted by molar-refractivity contribution is -0.120. The number of rotatable bonds is 8. The van der Waals surface area contributed by atoms with Crippen LogP contribution in [0.4, 0.5) is 5.69 Å². The average molecular weight is 405 g/mol. The maximum Gasteiger partial charge on any atom is 0.241 e. The van der Waals surface area contributed by atoms with Gasteiger partial charge in [-0.15, -0.1) is 0 Å². The van der Waals surface area contributed by atoms with Gasteiger partial charge in [0.15, 0.2) is 0 Å². The lowest BCUT2D eigenvalue weighted by atomic mass is 10.0. The molecule has 0 spiro atoms. The van der Waals surface area contributed by atoms with Crippen LogP contribution in [0.1, 0.15) is 36.1 Å². The molecule has 0 radical (unpaired) electrons. The Bertz CT molecular complexity index is 904. The molecule has 0 aliphatic heterocycles. The molecule has 0 fully saturated rings. The van der Waals surface area contributed by atoms with Crippen LogP contribution in [0.25, 0.3) is 0 Å². The lowest BCUT2D eigenvalue weighted by Crippen LogP contribution is -2.42. The van der Waals surface area contributed by atoms with E-state index in [0.29, 0.717) is 12.1 Å². The molecule has 0 aliphatic carbocycles. The predicted octanol–water partition coefficient (Wildman–Crippen LogP) is 3.35. The molecule has 1 amide bonds. The van der Waals surface area contributed by atoms with Crippen molar-refractivity contribution >= 4 is 21.6 Å². The van der Waals surface area contributed by atoms with Crippen molar-refractivity contribution in [2.24, 2.45) is 0 Å². The second kappa shape index (κ2) is 9.10. The molecule has 6 nitrogen and oxygen atoms in total. The van der Waals surface area contributed by atoms with E-state index < -0.39 is 10.0 Å². The van der Waals surface area contributed by atoms with Crippen molar-refractivity contribution in [2.45, 2.75) is 33.2 Å². The van der Waals surface area contributed by atoms with Crippen LogP contribution in [0.3, 0.4) is 0 Å². The van der Waals surface area contributed by atoms with E-state index in [9.17, 15) is 13.2 Å². The molecule has 2 aromatic carbocycles. The molecule has 0 bridgehead atoms. The fraction of sp³-hybridized carbons (Fsp3) is 0.381. The molecular formula is C21H28N2O4S. The Morgan fingerprint density at radius 3 is 2.14 bits per heavy atom. The summed E-state index contributed by atoms with van der Waals surface area (Å²) in [7, 11) is -2.02. The van der Waals surface area contributed by atoms with Crippen LogP contribution in [0, 0.1) is 13.8 Å². The highest BCUT2D eigenvalue weighted by molar-refractivity contribution is 7.92. The standard InChI is InChI=1S/C21H28N2O4S/c1-6-19(17-10-12-18(27-4)13-11-17)22-20(24)14-23(28(5,25)26)21-15(2)8-7-9-16(21)3/h7-13,19H,6,14H2,1-5H3,(H,22,24)/t19-/m0/s1. The molecular weight excluding hydrogens is 376 g/mol. The largest absolute Gasteiger partial charge is 0.497 e. The Balaban J connectivity index is 2.23. The minimum absolute atomic E-state index is 0.210. The molecule has 1 atom stereocenters. The van der Waals surface area contributed by atoms with Crippen molar-refractivity contribution in [3.63, 3.8) is 0 Å². The van der Waals surface area contributed by atoms with Crippen LogP contribution in [0.15, 0.2) is 42.5 Å². The van der Waals surface area contributed by atoms with Gasteiger partial charge in [-0.1, -0.05) is 37.3 Å². The molecule has 0 saturated carbocycles. The number of nitrogens with one attached hydrogen (secondary N) is 1. The van der Waals surface area contributed by atoms with Gasteiger partial charge in [-0.3, -0.25) is 9.10 Å². The van der Waals surface area contributed by atoms with Crippen molar-refractivity contribution in [1.29, 1.82) is 0 Å². The van der Waals surface area contributed by atoms with Crippen LogP contribution in [-0.2, 0) is 14.8 Å². The number of aryl methyl sites for hydroxylation is 2. The number of methoxy groups -OCH3 is 1. The minimum atomic E-state index is -3.62. The Kier molecular flexibility index (Phi) is 7.07. The summed E-state index contributed by atoms with van der Waals surface area (Å²) >= 11 is 0. The van der Waals surface area contributed by atoms with Crippen LogP contribution < -0.4 is 14.4 Å². The number of carbonyl (C=O) groups is 1. The van der Waals surface area contributed by atoms with Gasteiger partial charge in [-0.2, -0.15) is 0 Å². The van der Waals surface area contributed by atoms with Gasteiger partial charge in [0.1, 0.15) is 12.3 Å². The quantitative estimate of drug-likeness (QED) is 0.732. The summed E-state index contributed by atoms with van der Waals surface area (Å²) in [6.45, 7) is 5.38. The van der Waals surface area contributed by atoms with Crippen molar-refractivity contribution in [2.75, 3.05) is 24.2 Å². The van der Waals surface area contributed by atoms with Gasteiger partial charge in [0.05, 0.1) is 25.1 Å². The molecule has 152 valence electrons. The fourth-order valence-corrected chi connectivity index (χ4v) is 4.16. The first kappa shape index (κ1) is 21.8. The molecule has 2 aromatic rings. The second-order valence-electron chi connectivity index (χ2n) is 6.81. The molecule has 0 aliphatic rings.